The molecule has 0 radical (unpaired) electrons. The molecule has 7 heteroatoms. The van der Waals surface area contributed by atoms with Gasteiger partial charge in [-0.25, -0.2) is 0 Å². The van der Waals surface area contributed by atoms with E-state index in [0.717, 1.165) is 30.5 Å². The van der Waals surface area contributed by atoms with Gasteiger partial charge in [0.2, 0.25) is 0 Å². The number of fused-ring (bicyclic) bond motifs is 1. The van der Waals surface area contributed by atoms with Gasteiger partial charge >= 0.3 is 0 Å². The van der Waals surface area contributed by atoms with E-state index in [4.69, 9.17) is 4.42 Å². The first kappa shape index (κ1) is 20.9. The van der Waals surface area contributed by atoms with E-state index < -0.39 is 0 Å². The number of furan rings is 1. The van der Waals surface area contributed by atoms with Crippen molar-refractivity contribution in [2.45, 2.75) is 6.42 Å². The Kier molecular flexibility index (Phi) is 5.86. The predicted octanol–water partition coefficient (Wildman–Crippen LogP) is 3.40. The summed E-state index contributed by atoms with van der Waals surface area (Å²) in [5.74, 6) is 0.406. The zero-order valence-electron chi connectivity index (χ0n) is 16.8. The molecule has 6 nitrogen and oxygen atoms in total. The van der Waals surface area contributed by atoms with Crippen LogP contribution >= 0.6 is 15.9 Å². The van der Waals surface area contributed by atoms with Crippen LogP contribution in [0.3, 0.4) is 0 Å². The molecule has 0 bridgehead atoms. The van der Waals surface area contributed by atoms with E-state index in [1.807, 2.05) is 30.3 Å². The number of benzene rings is 2. The summed E-state index contributed by atoms with van der Waals surface area (Å²) in [7, 11) is 1.59. The van der Waals surface area contributed by atoms with Gasteiger partial charge in [0.05, 0.1) is 12.2 Å². The molecule has 1 saturated heterocycles. The molecule has 1 aromatic heterocycles. The molecule has 0 saturated carbocycles. The molecule has 0 unspecified atom stereocenters. The van der Waals surface area contributed by atoms with Crippen LogP contribution in [-0.4, -0.2) is 59.6 Å². The highest BCUT2D eigenvalue weighted by atomic mass is 79.9. The Hall–Kier alpha value is -2.35. The van der Waals surface area contributed by atoms with Gasteiger partial charge in [0.25, 0.3) is 5.91 Å². The first-order chi connectivity index (χ1) is 14.5. The van der Waals surface area contributed by atoms with E-state index in [0.29, 0.717) is 34.3 Å². The number of carbonyl (C=O) groups excluding carboxylic acids is 1. The van der Waals surface area contributed by atoms with Crippen LogP contribution in [0.4, 0.5) is 0 Å². The number of nitrogens with zero attached hydrogens (tertiary/aromatic N) is 1. The third kappa shape index (κ3) is 3.62. The SMILES string of the molecule is CNC(=O)c1c(-c2ccccc2)oc2ccc(O)c(CCN3CC(CO)(CBr)C3)c12. The molecule has 1 aliphatic heterocycles. The van der Waals surface area contributed by atoms with Gasteiger partial charge in [-0.05, 0) is 18.6 Å². The Labute approximate surface area is 183 Å². The van der Waals surface area contributed by atoms with Crippen molar-refractivity contribution in [3.63, 3.8) is 0 Å². The second-order valence-electron chi connectivity index (χ2n) is 7.94. The van der Waals surface area contributed by atoms with Crippen LogP contribution in [0.15, 0.2) is 46.9 Å². The van der Waals surface area contributed by atoms with Gasteiger partial charge < -0.3 is 24.8 Å². The number of likely N-dealkylation sites (tertiary alicyclic amines) is 1. The largest absolute Gasteiger partial charge is 0.508 e. The fourth-order valence-electron chi connectivity index (χ4n) is 4.19. The van der Waals surface area contributed by atoms with Crippen molar-refractivity contribution in [1.29, 1.82) is 0 Å². The van der Waals surface area contributed by atoms with Crippen LogP contribution in [0.2, 0.25) is 0 Å². The highest BCUT2D eigenvalue weighted by molar-refractivity contribution is 9.09. The number of aliphatic hydroxyl groups excluding tert-OH is 1. The Morgan fingerprint density at radius 1 is 1.23 bits per heavy atom. The number of alkyl halides is 1. The number of amides is 1. The summed E-state index contributed by atoms with van der Waals surface area (Å²) < 4.78 is 6.09. The summed E-state index contributed by atoms with van der Waals surface area (Å²) in [6, 6.07) is 12.8. The quantitative estimate of drug-likeness (QED) is 0.458. The maximum atomic E-state index is 12.8. The van der Waals surface area contributed by atoms with Crippen molar-refractivity contribution in [3.8, 4) is 17.1 Å². The number of aliphatic hydroxyl groups is 1. The third-order valence-corrected chi connectivity index (χ3v) is 7.03. The molecule has 0 atom stereocenters. The number of halogens is 1. The Bertz CT molecular complexity index is 1050. The van der Waals surface area contributed by atoms with Crippen LogP contribution in [-0.2, 0) is 6.42 Å². The number of rotatable bonds is 7. The molecule has 158 valence electrons. The van der Waals surface area contributed by atoms with Crippen LogP contribution < -0.4 is 5.32 Å². The van der Waals surface area contributed by atoms with E-state index in [1.54, 1.807) is 19.2 Å². The minimum absolute atomic E-state index is 0.0859. The van der Waals surface area contributed by atoms with Crippen molar-refractivity contribution in [2.24, 2.45) is 5.41 Å². The Balaban J connectivity index is 1.72. The maximum absolute atomic E-state index is 12.8. The van der Waals surface area contributed by atoms with Crippen LogP contribution in [0.1, 0.15) is 15.9 Å². The van der Waals surface area contributed by atoms with E-state index in [9.17, 15) is 15.0 Å². The summed E-state index contributed by atoms with van der Waals surface area (Å²) in [6.45, 7) is 2.47. The third-order valence-electron chi connectivity index (χ3n) is 5.84. The number of aromatic hydroxyl groups is 1. The molecule has 2 aromatic carbocycles. The summed E-state index contributed by atoms with van der Waals surface area (Å²) >= 11 is 3.49. The van der Waals surface area contributed by atoms with Gasteiger partial charge in [-0.2, -0.15) is 0 Å². The monoisotopic (exact) mass is 472 g/mol. The van der Waals surface area contributed by atoms with E-state index in [1.165, 1.54) is 0 Å². The maximum Gasteiger partial charge on any atom is 0.255 e. The summed E-state index contributed by atoms with van der Waals surface area (Å²) in [5, 5.41) is 24.4. The molecule has 1 amide bonds. The van der Waals surface area contributed by atoms with Crippen molar-refractivity contribution >= 4 is 32.8 Å². The van der Waals surface area contributed by atoms with E-state index in [-0.39, 0.29) is 23.7 Å². The van der Waals surface area contributed by atoms with Gasteiger partial charge in [0.1, 0.15) is 17.1 Å². The number of carbonyl (C=O) groups is 1. The fraction of sp³-hybridized carbons (Fsp3) is 0.348. The normalized spacial score (nSPS) is 15.8. The number of hydrogen-bond acceptors (Lipinski definition) is 5. The lowest BCUT2D eigenvalue weighted by Gasteiger charge is -2.48. The summed E-state index contributed by atoms with van der Waals surface area (Å²) in [6.07, 6.45) is 0.574. The van der Waals surface area contributed by atoms with Gasteiger partial charge in [0, 0.05) is 53.9 Å². The average molecular weight is 473 g/mol. The molecule has 1 fully saturated rings. The van der Waals surface area contributed by atoms with Gasteiger partial charge in [-0.1, -0.05) is 46.3 Å². The smallest absolute Gasteiger partial charge is 0.255 e. The molecule has 2 heterocycles. The van der Waals surface area contributed by atoms with Gasteiger partial charge in [-0.15, -0.1) is 0 Å². The molecule has 0 spiro atoms. The molecule has 3 N–H and O–H groups in total. The summed E-state index contributed by atoms with van der Waals surface area (Å²) in [4.78, 5) is 15.1. The molecule has 30 heavy (non-hydrogen) atoms. The average Bonchev–Trinajstić information content (AvgIpc) is 3.14. The standard InChI is InChI=1S/C23H25BrN2O4/c1-25-22(29)20-19-16(9-10-26-12-23(11-24,13-26)14-27)17(28)7-8-18(19)30-21(20)15-5-3-2-4-6-15/h2-8,27-28H,9-14H2,1H3,(H,25,29). The number of phenolic OH excluding ortho intramolecular Hbond substituents is 1. The van der Waals surface area contributed by atoms with E-state index >= 15 is 0 Å². The molecule has 4 rings (SSSR count). The predicted molar refractivity (Wildman–Crippen MR) is 120 cm³/mol. The highest BCUT2D eigenvalue weighted by Crippen LogP contribution is 2.39. The first-order valence-electron chi connectivity index (χ1n) is 9.96. The van der Waals surface area contributed by atoms with Crippen molar-refractivity contribution < 1.29 is 19.4 Å². The number of phenols is 1. The molecule has 3 aromatic rings. The lowest BCUT2D eigenvalue weighted by atomic mass is 9.82. The van der Waals surface area contributed by atoms with Crippen LogP contribution in [0.25, 0.3) is 22.3 Å². The lowest BCUT2D eigenvalue weighted by Crippen LogP contribution is -2.59. The number of hydrogen-bond donors (Lipinski definition) is 3. The van der Waals surface area contributed by atoms with Gasteiger partial charge in [0.15, 0.2) is 0 Å². The van der Waals surface area contributed by atoms with E-state index in [2.05, 4.69) is 26.1 Å². The molecule has 0 aliphatic carbocycles. The lowest BCUT2D eigenvalue weighted by molar-refractivity contribution is -0.0212. The zero-order valence-corrected chi connectivity index (χ0v) is 18.4. The minimum Gasteiger partial charge on any atom is -0.508 e. The topological polar surface area (TPSA) is 85.9 Å². The van der Waals surface area contributed by atoms with Crippen molar-refractivity contribution in [3.05, 3.63) is 53.6 Å². The minimum atomic E-state index is -0.248. The zero-order chi connectivity index (χ0) is 21.3. The second-order valence-corrected chi connectivity index (χ2v) is 8.50. The van der Waals surface area contributed by atoms with Crippen molar-refractivity contribution in [2.75, 3.05) is 38.6 Å². The van der Waals surface area contributed by atoms with Crippen LogP contribution in [0.5, 0.6) is 5.75 Å². The van der Waals surface area contributed by atoms with Gasteiger partial charge in [-0.3, -0.25) is 4.79 Å². The Morgan fingerprint density at radius 3 is 2.60 bits per heavy atom. The van der Waals surface area contributed by atoms with Crippen LogP contribution in [0, 0.1) is 5.41 Å². The first-order valence-corrected chi connectivity index (χ1v) is 11.1. The molecular weight excluding hydrogens is 448 g/mol. The number of nitrogens with one attached hydrogen (secondary N) is 1. The Morgan fingerprint density at radius 2 is 1.97 bits per heavy atom. The second kappa shape index (κ2) is 8.41. The molecule has 1 aliphatic rings. The summed E-state index contributed by atoms with van der Waals surface area (Å²) in [5.41, 5.74) is 2.45. The highest BCUT2D eigenvalue weighted by Gasteiger charge is 2.41. The van der Waals surface area contributed by atoms with Crippen molar-refractivity contribution in [1.82, 2.24) is 10.2 Å². The fourth-order valence-corrected chi connectivity index (χ4v) is 4.73. The molecular formula is C23H25BrN2O4.